The summed E-state index contributed by atoms with van der Waals surface area (Å²) in [5.74, 6) is 1.49. The van der Waals surface area contributed by atoms with E-state index in [9.17, 15) is 0 Å². The molecule has 7 heteroatoms. The monoisotopic (exact) mass is 374 g/mol. The molecule has 0 radical (unpaired) electrons. The van der Waals surface area contributed by atoms with E-state index in [0.717, 1.165) is 21.3 Å². The Kier molecular flexibility index (Phi) is 4.23. The largest absolute Gasteiger partial charge is 0.483 e. The summed E-state index contributed by atoms with van der Waals surface area (Å²) in [6.45, 7) is 3.13. The number of nitrogen functional groups attached to an aromatic ring is 1. The van der Waals surface area contributed by atoms with Gasteiger partial charge in [0.1, 0.15) is 18.7 Å². The second kappa shape index (κ2) is 5.71. The van der Waals surface area contributed by atoms with Gasteiger partial charge in [-0.2, -0.15) is 5.10 Å². The Morgan fingerprint density at radius 2 is 2.00 bits per heavy atom. The highest BCUT2D eigenvalue weighted by Gasteiger charge is 2.10. The minimum Gasteiger partial charge on any atom is -0.483 e. The van der Waals surface area contributed by atoms with Gasteiger partial charge in [0.15, 0.2) is 5.82 Å². The lowest BCUT2D eigenvalue weighted by atomic mass is 10.3. The van der Waals surface area contributed by atoms with Crippen LogP contribution in [0.5, 0.6) is 5.75 Å². The second-order valence-corrected chi connectivity index (χ2v) is 5.30. The summed E-state index contributed by atoms with van der Waals surface area (Å²) in [6, 6.07) is 3.59. The molecular formula is C11H12Br2N4O. The molecule has 0 amide bonds. The van der Waals surface area contributed by atoms with Crippen molar-refractivity contribution < 1.29 is 4.74 Å². The van der Waals surface area contributed by atoms with Crippen LogP contribution >= 0.6 is 31.9 Å². The number of rotatable bonds is 4. The number of hydrogen-bond donors (Lipinski definition) is 1. The number of aryl methyl sites for hydroxylation is 1. The van der Waals surface area contributed by atoms with Crippen molar-refractivity contribution in [3.63, 3.8) is 0 Å². The van der Waals surface area contributed by atoms with Gasteiger partial charge in [-0.25, -0.2) is 9.67 Å². The summed E-state index contributed by atoms with van der Waals surface area (Å²) in [6.07, 6.45) is 1.52. The van der Waals surface area contributed by atoms with Crippen molar-refractivity contribution in [1.29, 1.82) is 0 Å². The number of nitrogens with zero attached hydrogens (tertiary/aromatic N) is 3. The first-order valence-corrected chi connectivity index (χ1v) is 6.94. The van der Waals surface area contributed by atoms with E-state index in [1.54, 1.807) is 16.8 Å². The highest BCUT2D eigenvalue weighted by atomic mass is 79.9. The Morgan fingerprint density at radius 1 is 1.33 bits per heavy atom. The van der Waals surface area contributed by atoms with Crippen LogP contribution in [0.2, 0.25) is 0 Å². The van der Waals surface area contributed by atoms with E-state index in [4.69, 9.17) is 10.5 Å². The van der Waals surface area contributed by atoms with Crippen LogP contribution in [0.25, 0.3) is 0 Å². The predicted octanol–water partition coefficient (Wildman–Crippen LogP) is 2.98. The molecule has 96 valence electrons. The quantitative estimate of drug-likeness (QED) is 0.834. The van der Waals surface area contributed by atoms with Crippen molar-refractivity contribution in [2.75, 3.05) is 5.73 Å². The van der Waals surface area contributed by atoms with Crippen LogP contribution in [0.1, 0.15) is 12.7 Å². The Bertz CT molecular complexity index is 533. The van der Waals surface area contributed by atoms with Gasteiger partial charge in [0.05, 0.1) is 8.95 Å². The summed E-state index contributed by atoms with van der Waals surface area (Å²) in [7, 11) is 0. The van der Waals surface area contributed by atoms with Gasteiger partial charge in [-0.3, -0.25) is 0 Å². The van der Waals surface area contributed by atoms with Gasteiger partial charge >= 0.3 is 0 Å². The summed E-state index contributed by atoms with van der Waals surface area (Å²) in [4.78, 5) is 4.15. The number of ether oxygens (including phenoxy) is 1. The summed E-state index contributed by atoms with van der Waals surface area (Å²) in [5.41, 5.74) is 6.39. The molecule has 0 fully saturated rings. The van der Waals surface area contributed by atoms with Gasteiger partial charge in [-0.15, -0.1) is 0 Å². The van der Waals surface area contributed by atoms with E-state index >= 15 is 0 Å². The molecule has 0 aliphatic heterocycles. The molecule has 0 atom stereocenters. The lowest BCUT2D eigenvalue weighted by molar-refractivity contribution is 0.284. The summed E-state index contributed by atoms with van der Waals surface area (Å²) in [5, 5.41) is 4.09. The Morgan fingerprint density at radius 3 is 2.61 bits per heavy atom. The van der Waals surface area contributed by atoms with E-state index in [1.165, 1.54) is 6.33 Å². The third-order valence-corrected chi connectivity index (χ3v) is 3.54. The Balaban J connectivity index is 2.16. The first-order valence-electron chi connectivity index (χ1n) is 5.35. The first-order chi connectivity index (χ1) is 8.61. The summed E-state index contributed by atoms with van der Waals surface area (Å²) >= 11 is 6.84. The molecule has 0 saturated heterocycles. The average molecular weight is 376 g/mol. The predicted molar refractivity (Wildman–Crippen MR) is 76.3 cm³/mol. The Labute approximate surface area is 122 Å². The van der Waals surface area contributed by atoms with E-state index in [-0.39, 0.29) is 0 Å². The Hall–Kier alpha value is -1.08. The fourth-order valence-electron chi connectivity index (χ4n) is 1.52. The molecule has 1 aromatic carbocycles. The van der Waals surface area contributed by atoms with Gasteiger partial charge in [0.2, 0.25) is 0 Å². The molecule has 2 N–H and O–H groups in total. The molecule has 0 unspecified atom stereocenters. The van der Waals surface area contributed by atoms with E-state index < -0.39 is 0 Å². The molecule has 1 heterocycles. The van der Waals surface area contributed by atoms with E-state index in [1.807, 2.05) is 6.92 Å². The molecule has 18 heavy (non-hydrogen) atoms. The maximum absolute atomic E-state index is 5.74. The molecule has 0 bridgehead atoms. The zero-order chi connectivity index (χ0) is 13.1. The second-order valence-electron chi connectivity index (χ2n) is 3.59. The SMILES string of the molecule is CCn1ncnc1COc1c(Br)cc(N)cc1Br. The fourth-order valence-corrected chi connectivity index (χ4v) is 2.97. The molecule has 0 saturated carbocycles. The summed E-state index contributed by atoms with van der Waals surface area (Å²) < 4.78 is 9.13. The zero-order valence-electron chi connectivity index (χ0n) is 9.73. The molecule has 1 aromatic heterocycles. The van der Waals surface area contributed by atoms with Gasteiger partial charge in [-0.1, -0.05) is 0 Å². The number of aromatic nitrogens is 3. The zero-order valence-corrected chi connectivity index (χ0v) is 12.9. The number of halogens is 2. The molecule has 2 rings (SSSR count). The molecule has 5 nitrogen and oxygen atoms in total. The third kappa shape index (κ3) is 2.84. The first kappa shape index (κ1) is 13.4. The fraction of sp³-hybridized carbons (Fsp3) is 0.273. The maximum Gasteiger partial charge on any atom is 0.164 e. The van der Waals surface area contributed by atoms with Crippen LogP contribution in [0, 0.1) is 0 Å². The number of anilines is 1. The van der Waals surface area contributed by atoms with Crippen molar-refractivity contribution >= 4 is 37.5 Å². The normalized spacial score (nSPS) is 10.6. The minimum atomic E-state index is 0.356. The van der Waals surface area contributed by atoms with Gasteiger partial charge in [-0.05, 0) is 50.9 Å². The topological polar surface area (TPSA) is 66.0 Å². The molecule has 2 aromatic rings. The van der Waals surface area contributed by atoms with Crippen molar-refractivity contribution in [3.05, 3.63) is 33.2 Å². The van der Waals surface area contributed by atoms with Crippen molar-refractivity contribution in [1.82, 2.24) is 14.8 Å². The van der Waals surface area contributed by atoms with Crippen molar-refractivity contribution in [2.24, 2.45) is 0 Å². The van der Waals surface area contributed by atoms with Crippen LogP contribution in [0.15, 0.2) is 27.4 Å². The highest BCUT2D eigenvalue weighted by molar-refractivity contribution is 9.11. The van der Waals surface area contributed by atoms with Crippen molar-refractivity contribution in [3.8, 4) is 5.75 Å². The number of benzene rings is 1. The van der Waals surface area contributed by atoms with Gasteiger partial charge in [0, 0.05) is 12.2 Å². The van der Waals surface area contributed by atoms with Crippen LogP contribution in [0.3, 0.4) is 0 Å². The smallest absolute Gasteiger partial charge is 0.164 e. The maximum atomic E-state index is 5.74. The van der Waals surface area contributed by atoms with Crippen LogP contribution in [-0.2, 0) is 13.2 Å². The third-order valence-electron chi connectivity index (χ3n) is 2.36. The van der Waals surface area contributed by atoms with Crippen LogP contribution in [-0.4, -0.2) is 14.8 Å². The van der Waals surface area contributed by atoms with Crippen LogP contribution < -0.4 is 10.5 Å². The lowest BCUT2D eigenvalue weighted by Gasteiger charge is -2.11. The standard InChI is InChI=1S/C11H12Br2N4O/c1-2-17-10(15-6-16-17)5-18-11-8(12)3-7(14)4-9(11)13/h3-4,6H,2,5,14H2,1H3. The number of hydrogen-bond acceptors (Lipinski definition) is 4. The van der Waals surface area contributed by atoms with E-state index in [0.29, 0.717) is 18.0 Å². The molecule has 0 aliphatic carbocycles. The minimum absolute atomic E-state index is 0.356. The average Bonchev–Trinajstić information content (AvgIpc) is 2.75. The van der Waals surface area contributed by atoms with E-state index in [2.05, 4.69) is 41.9 Å². The van der Waals surface area contributed by atoms with Crippen LogP contribution in [0.4, 0.5) is 5.69 Å². The molecule has 0 spiro atoms. The van der Waals surface area contributed by atoms with Gasteiger partial charge in [0.25, 0.3) is 0 Å². The lowest BCUT2D eigenvalue weighted by Crippen LogP contribution is -2.07. The van der Waals surface area contributed by atoms with Crippen molar-refractivity contribution in [2.45, 2.75) is 20.1 Å². The molecular weight excluding hydrogens is 364 g/mol. The molecule has 0 aliphatic rings. The highest BCUT2D eigenvalue weighted by Crippen LogP contribution is 2.35. The number of nitrogens with two attached hydrogens (primary N) is 1. The van der Waals surface area contributed by atoms with Gasteiger partial charge < -0.3 is 10.5 Å².